The van der Waals surface area contributed by atoms with E-state index in [4.69, 9.17) is 30.5 Å². The summed E-state index contributed by atoms with van der Waals surface area (Å²) < 4.78 is 17.1. The maximum atomic E-state index is 13.5. The lowest BCUT2D eigenvalue weighted by Gasteiger charge is -2.19. The van der Waals surface area contributed by atoms with Crippen LogP contribution in [0.2, 0.25) is 5.02 Å². The number of furan rings is 1. The quantitative estimate of drug-likeness (QED) is 0.382. The molecule has 2 aromatic heterocycles. The lowest BCUT2D eigenvalue weighted by atomic mass is 10.1. The molecular formula is C22H19ClN2O4S. The van der Waals surface area contributed by atoms with E-state index in [-0.39, 0.29) is 12.5 Å². The first-order chi connectivity index (χ1) is 14.5. The average molecular weight is 443 g/mol. The minimum absolute atomic E-state index is 0.227. The molecule has 0 fully saturated rings. The standard InChI is InChI=1S/C22H19ClN2O4S/c1-13-16(23)7-9-19-20(13)24-22(30-19)25(12-15-5-4-10-29-15)21(26)14-6-8-17(27-2)18(11-14)28-3/h4-11H,12H2,1-3H3. The number of thiazole rings is 1. The van der Waals surface area contributed by atoms with Gasteiger partial charge in [-0.05, 0) is 55.0 Å². The highest BCUT2D eigenvalue weighted by molar-refractivity contribution is 7.22. The normalized spacial score (nSPS) is 10.9. The van der Waals surface area contributed by atoms with Gasteiger partial charge in [0.1, 0.15) is 5.76 Å². The van der Waals surface area contributed by atoms with Gasteiger partial charge >= 0.3 is 0 Å². The first-order valence-corrected chi connectivity index (χ1v) is 10.3. The Bertz CT molecular complexity index is 1200. The third-order valence-electron chi connectivity index (χ3n) is 4.74. The molecule has 2 aromatic carbocycles. The van der Waals surface area contributed by atoms with Crippen LogP contribution in [0.25, 0.3) is 10.2 Å². The van der Waals surface area contributed by atoms with Crippen molar-refractivity contribution in [3.05, 3.63) is 70.6 Å². The molecule has 0 aliphatic rings. The van der Waals surface area contributed by atoms with Crippen LogP contribution >= 0.6 is 22.9 Å². The molecule has 0 saturated heterocycles. The zero-order valence-corrected chi connectivity index (χ0v) is 18.2. The van der Waals surface area contributed by atoms with Gasteiger partial charge in [0.15, 0.2) is 16.6 Å². The van der Waals surface area contributed by atoms with Gasteiger partial charge in [-0.3, -0.25) is 9.69 Å². The number of hydrogen-bond donors (Lipinski definition) is 0. The third-order valence-corrected chi connectivity index (χ3v) is 6.19. The van der Waals surface area contributed by atoms with Crippen LogP contribution in [0.15, 0.2) is 53.1 Å². The summed E-state index contributed by atoms with van der Waals surface area (Å²) in [5.41, 5.74) is 2.12. The van der Waals surface area contributed by atoms with Gasteiger partial charge in [-0.2, -0.15) is 0 Å². The van der Waals surface area contributed by atoms with Gasteiger partial charge in [0.2, 0.25) is 0 Å². The third kappa shape index (κ3) is 3.74. The minimum atomic E-state index is -0.227. The number of nitrogens with zero attached hydrogens (tertiary/aromatic N) is 2. The SMILES string of the molecule is COc1ccc(C(=O)N(Cc2ccco2)c2nc3c(C)c(Cl)ccc3s2)cc1OC. The summed E-state index contributed by atoms with van der Waals surface area (Å²) in [6.45, 7) is 2.16. The fourth-order valence-electron chi connectivity index (χ4n) is 3.11. The summed E-state index contributed by atoms with van der Waals surface area (Å²) in [5.74, 6) is 1.46. The Morgan fingerprint density at radius 3 is 2.67 bits per heavy atom. The first-order valence-electron chi connectivity index (χ1n) is 9.13. The van der Waals surface area contributed by atoms with Crippen LogP contribution in [0.3, 0.4) is 0 Å². The van der Waals surface area contributed by atoms with Crippen molar-refractivity contribution < 1.29 is 18.7 Å². The molecule has 2 heterocycles. The predicted molar refractivity (Wildman–Crippen MR) is 118 cm³/mol. The number of benzene rings is 2. The maximum Gasteiger partial charge on any atom is 0.260 e. The van der Waals surface area contributed by atoms with Crippen LogP contribution in [0.1, 0.15) is 21.7 Å². The Kier molecular flexibility index (Phi) is 5.65. The number of halogens is 1. The summed E-state index contributed by atoms with van der Waals surface area (Å²) >= 11 is 7.68. The summed E-state index contributed by atoms with van der Waals surface area (Å²) in [6, 6.07) is 12.4. The molecule has 0 aliphatic carbocycles. The molecule has 0 unspecified atom stereocenters. The Balaban J connectivity index is 1.79. The second-order valence-corrected chi connectivity index (χ2v) is 7.97. The van der Waals surface area contributed by atoms with Crippen LogP contribution in [-0.4, -0.2) is 25.1 Å². The zero-order chi connectivity index (χ0) is 21.3. The number of amides is 1. The topological polar surface area (TPSA) is 64.8 Å². The van der Waals surface area contributed by atoms with E-state index in [1.807, 2.05) is 25.1 Å². The molecule has 4 aromatic rings. The lowest BCUT2D eigenvalue weighted by molar-refractivity contribution is 0.0983. The van der Waals surface area contributed by atoms with Crippen molar-refractivity contribution in [1.82, 2.24) is 4.98 Å². The lowest BCUT2D eigenvalue weighted by Crippen LogP contribution is -2.30. The summed E-state index contributed by atoms with van der Waals surface area (Å²) in [6.07, 6.45) is 1.58. The maximum absolute atomic E-state index is 13.5. The molecule has 4 rings (SSSR count). The van der Waals surface area contributed by atoms with Crippen LogP contribution in [0.4, 0.5) is 5.13 Å². The molecule has 0 atom stereocenters. The van der Waals surface area contributed by atoms with Gasteiger partial charge in [0.05, 0.1) is 37.2 Å². The van der Waals surface area contributed by atoms with Crippen LogP contribution in [-0.2, 0) is 6.54 Å². The highest BCUT2D eigenvalue weighted by Gasteiger charge is 2.24. The number of rotatable bonds is 6. The number of anilines is 1. The van der Waals surface area contributed by atoms with E-state index in [1.54, 1.807) is 42.5 Å². The van der Waals surface area contributed by atoms with E-state index in [9.17, 15) is 4.79 Å². The van der Waals surface area contributed by atoms with Crippen molar-refractivity contribution in [3.8, 4) is 11.5 Å². The van der Waals surface area contributed by atoms with Gasteiger partial charge in [-0.1, -0.05) is 22.9 Å². The second-order valence-electron chi connectivity index (χ2n) is 6.56. The Labute approximate surface area is 182 Å². The fraction of sp³-hybridized carbons (Fsp3) is 0.182. The van der Waals surface area contributed by atoms with Crippen molar-refractivity contribution >= 4 is 44.2 Å². The number of methoxy groups -OCH3 is 2. The van der Waals surface area contributed by atoms with E-state index >= 15 is 0 Å². The Morgan fingerprint density at radius 2 is 1.97 bits per heavy atom. The molecule has 1 amide bonds. The van der Waals surface area contributed by atoms with Crippen molar-refractivity contribution in [2.24, 2.45) is 0 Å². The van der Waals surface area contributed by atoms with E-state index in [0.29, 0.717) is 33.0 Å². The highest BCUT2D eigenvalue weighted by atomic mass is 35.5. The monoisotopic (exact) mass is 442 g/mol. The largest absolute Gasteiger partial charge is 0.493 e. The van der Waals surface area contributed by atoms with Gasteiger partial charge in [0, 0.05) is 10.6 Å². The van der Waals surface area contributed by atoms with Crippen molar-refractivity contribution in [3.63, 3.8) is 0 Å². The Morgan fingerprint density at radius 1 is 1.17 bits per heavy atom. The van der Waals surface area contributed by atoms with Gasteiger partial charge in [-0.25, -0.2) is 4.98 Å². The van der Waals surface area contributed by atoms with E-state index in [1.165, 1.54) is 18.4 Å². The summed E-state index contributed by atoms with van der Waals surface area (Å²) in [7, 11) is 3.09. The van der Waals surface area contributed by atoms with Crippen molar-refractivity contribution in [2.75, 3.05) is 19.1 Å². The van der Waals surface area contributed by atoms with Gasteiger partial charge in [0.25, 0.3) is 5.91 Å². The van der Waals surface area contributed by atoms with Crippen LogP contribution in [0.5, 0.6) is 11.5 Å². The van der Waals surface area contributed by atoms with E-state index in [0.717, 1.165) is 15.8 Å². The number of carbonyl (C=O) groups excluding carboxylic acids is 1. The summed E-state index contributed by atoms with van der Waals surface area (Å²) in [5, 5.41) is 1.20. The molecule has 0 bridgehead atoms. The van der Waals surface area contributed by atoms with E-state index in [2.05, 4.69) is 0 Å². The molecule has 30 heavy (non-hydrogen) atoms. The number of carbonyl (C=O) groups is 1. The molecule has 0 radical (unpaired) electrons. The Hall–Kier alpha value is -3.03. The number of hydrogen-bond acceptors (Lipinski definition) is 6. The molecule has 0 spiro atoms. The minimum Gasteiger partial charge on any atom is -0.493 e. The molecule has 6 nitrogen and oxygen atoms in total. The number of ether oxygens (including phenoxy) is 2. The van der Waals surface area contributed by atoms with E-state index < -0.39 is 0 Å². The zero-order valence-electron chi connectivity index (χ0n) is 16.6. The molecular weight excluding hydrogens is 424 g/mol. The first kappa shape index (κ1) is 20.3. The molecule has 0 aliphatic heterocycles. The van der Waals surface area contributed by atoms with Gasteiger partial charge in [-0.15, -0.1) is 0 Å². The number of aryl methyl sites for hydroxylation is 1. The second kappa shape index (κ2) is 8.38. The number of fused-ring (bicyclic) bond motifs is 1. The fourth-order valence-corrected chi connectivity index (χ4v) is 4.29. The van der Waals surface area contributed by atoms with Crippen LogP contribution < -0.4 is 14.4 Å². The molecule has 0 saturated carbocycles. The van der Waals surface area contributed by atoms with Crippen molar-refractivity contribution in [1.29, 1.82) is 0 Å². The predicted octanol–water partition coefficient (Wildman–Crippen LogP) is 5.72. The average Bonchev–Trinajstić information content (AvgIpc) is 3.43. The molecule has 154 valence electrons. The molecule has 8 heteroatoms. The highest BCUT2D eigenvalue weighted by Crippen LogP contribution is 2.35. The molecule has 0 N–H and O–H groups in total. The summed E-state index contributed by atoms with van der Waals surface area (Å²) in [4.78, 5) is 19.8. The number of aromatic nitrogens is 1. The van der Waals surface area contributed by atoms with Gasteiger partial charge < -0.3 is 13.9 Å². The van der Waals surface area contributed by atoms with Crippen LogP contribution in [0, 0.1) is 6.92 Å². The smallest absolute Gasteiger partial charge is 0.260 e. The van der Waals surface area contributed by atoms with Crippen molar-refractivity contribution in [2.45, 2.75) is 13.5 Å².